The molecular formula is C40H52N6O5. The van der Waals surface area contributed by atoms with E-state index in [1.165, 1.54) is 0 Å². The number of phenols is 1. The molecule has 4 rings (SSSR count). The van der Waals surface area contributed by atoms with E-state index in [9.17, 15) is 19.5 Å². The van der Waals surface area contributed by atoms with Crippen LogP contribution in [0.2, 0.25) is 0 Å². The van der Waals surface area contributed by atoms with Gasteiger partial charge in [-0.05, 0) is 74.4 Å². The Morgan fingerprint density at radius 1 is 0.863 bits per heavy atom. The van der Waals surface area contributed by atoms with Gasteiger partial charge < -0.3 is 30.3 Å². The van der Waals surface area contributed by atoms with Gasteiger partial charge in [0.25, 0.3) is 0 Å². The van der Waals surface area contributed by atoms with Gasteiger partial charge in [-0.2, -0.15) is 5.26 Å². The van der Waals surface area contributed by atoms with Crippen molar-refractivity contribution in [2.24, 2.45) is 0 Å². The van der Waals surface area contributed by atoms with E-state index in [-0.39, 0.29) is 23.7 Å². The molecule has 0 aromatic heterocycles. The van der Waals surface area contributed by atoms with E-state index in [0.29, 0.717) is 64.2 Å². The molecule has 3 amide bonds. The minimum absolute atomic E-state index is 0.0243. The van der Waals surface area contributed by atoms with Crippen LogP contribution in [-0.2, 0) is 20.9 Å². The number of hydrogen-bond donors (Lipinski definition) is 4. The number of unbranched alkanes of at least 4 members (excludes halogenated alkanes) is 3. The van der Waals surface area contributed by atoms with Crippen LogP contribution < -0.4 is 16.0 Å². The van der Waals surface area contributed by atoms with Crippen molar-refractivity contribution in [3.63, 3.8) is 0 Å². The van der Waals surface area contributed by atoms with Crippen LogP contribution in [0.3, 0.4) is 0 Å². The second-order valence-corrected chi connectivity index (χ2v) is 12.9. The summed E-state index contributed by atoms with van der Waals surface area (Å²) in [5.74, 6) is 0.280. The van der Waals surface area contributed by atoms with Gasteiger partial charge in [-0.1, -0.05) is 60.7 Å². The van der Waals surface area contributed by atoms with Crippen molar-refractivity contribution in [1.29, 1.82) is 5.26 Å². The molecule has 3 aromatic carbocycles. The highest BCUT2D eigenvalue weighted by molar-refractivity contribution is 5.91. The van der Waals surface area contributed by atoms with Crippen LogP contribution >= 0.6 is 0 Å². The van der Waals surface area contributed by atoms with E-state index < -0.39 is 6.09 Å². The molecule has 1 fully saturated rings. The topological polar surface area (TPSA) is 147 Å². The number of likely N-dealkylation sites (tertiary alicyclic amines) is 1. The SMILES string of the molecule is N#CCCCNCCC(=O)N(CCCCCNC(=O)CCN1CCC(OC(=O)Nc2ccccc2-c2ccccc2)CC1)Cc1ccc(O)cc1. The van der Waals surface area contributed by atoms with Crippen LogP contribution in [0.15, 0.2) is 78.9 Å². The number of anilines is 1. The quantitative estimate of drug-likeness (QED) is 0.104. The molecule has 51 heavy (non-hydrogen) atoms. The maximum absolute atomic E-state index is 13.0. The number of carbonyl (C=O) groups excluding carboxylic acids is 3. The van der Waals surface area contributed by atoms with Crippen LogP contribution in [0.4, 0.5) is 10.5 Å². The van der Waals surface area contributed by atoms with E-state index in [0.717, 1.165) is 68.3 Å². The lowest BCUT2D eigenvalue weighted by atomic mass is 10.0. The van der Waals surface area contributed by atoms with E-state index in [4.69, 9.17) is 10.00 Å². The van der Waals surface area contributed by atoms with Crippen molar-refractivity contribution in [1.82, 2.24) is 20.4 Å². The average Bonchev–Trinajstić information content (AvgIpc) is 3.15. The van der Waals surface area contributed by atoms with Crippen LogP contribution in [-0.4, -0.2) is 84.7 Å². The number of ether oxygens (including phenoxy) is 1. The van der Waals surface area contributed by atoms with Gasteiger partial charge in [-0.3, -0.25) is 14.9 Å². The van der Waals surface area contributed by atoms with Crippen molar-refractivity contribution in [3.8, 4) is 22.9 Å². The first kappa shape index (κ1) is 38.9. The molecule has 272 valence electrons. The summed E-state index contributed by atoms with van der Waals surface area (Å²) >= 11 is 0. The molecule has 1 saturated heterocycles. The number of phenolic OH excluding ortho intramolecular Hbond substituents is 1. The third-order valence-electron chi connectivity index (χ3n) is 8.96. The highest BCUT2D eigenvalue weighted by Crippen LogP contribution is 2.28. The van der Waals surface area contributed by atoms with Crippen molar-refractivity contribution in [2.45, 2.75) is 70.4 Å². The minimum atomic E-state index is -0.454. The number of amides is 3. The van der Waals surface area contributed by atoms with Crippen molar-refractivity contribution < 1.29 is 24.2 Å². The lowest BCUT2D eigenvalue weighted by Gasteiger charge is -2.31. The standard InChI is InChI=1S/C40H52N6O5/c41-23-7-9-24-42-26-19-39(49)46(31-32-15-17-34(47)18-16-32)27-10-2-8-25-43-38(48)22-30-45-28-20-35(21-29-45)51-40(50)44-37-14-6-5-13-36(37)33-11-3-1-4-12-33/h1,3-6,11-18,35,42,47H,2,7-10,19-22,24-31H2,(H,43,48)(H,44,50). The van der Waals surface area contributed by atoms with E-state index in [1.54, 1.807) is 12.1 Å². The van der Waals surface area contributed by atoms with Crippen molar-refractivity contribution in [3.05, 3.63) is 84.4 Å². The Morgan fingerprint density at radius 3 is 2.37 bits per heavy atom. The van der Waals surface area contributed by atoms with Gasteiger partial charge in [0.1, 0.15) is 11.9 Å². The zero-order valence-corrected chi connectivity index (χ0v) is 29.5. The monoisotopic (exact) mass is 696 g/mol. The number of aromatic hydroxyl groups is 1. The van der Waals surface area contributed by atoms with Gasteiger partial charge in [0.2, 0.25) is 11.8 Å². The van der Waals surface area contributed by atoms with Gasteiger partial charge >= 0.3 is 6.09 Å². The number of carbonyl (C=O) groups is 3. The summed E-state index contributed by atoms with van der Waals surface area (Å²) in [5, 5.41) is 27.5. The molecular weight excluding hydrogens is 644 g/mol. The van der Waals surface area contributed by atoms with Crippen molar-refractivity contribution >= 4 is 23.6 Å². The number of benzene rings is 3. The zero-order valence-electron chi connectivity index (χ0n) is 29.5. The maximum atomic E-state index is 13.0. The van der Waals surface area contributed by atoms with Gasteiger partial charge in [0.05, 0.1) is 11.8 Å². The highest BCUT2D eigenvalue weighted by Gasteiger charge is 2.23. The molecule has 0 atom stereocenters. The molecule has 1 aliphatic rings. The number of nitrogens with zero attached hydrogens (tertiary/aromatic N) is 3. The fourth-order valence-corrected chi connectivity index (χ4v) is 6.07. The van der Waals surface area contributed by atoms with E-state index in [1.807, 2.05) is 71.6 Å². The second kappa shape index (κ2) is 22.0. The summed E-state index contributed by atoms with van der Waals surface area (Å²) in [4.78, 5) is 42.3. The Kier molecular flexibility index (Phi) is 16.8. The Morgan fingerprint density at radius 2 is 1.61 bits per heavy atom. The zero-order chi connectivity index (χ0) is 36.1. The van der Waals surface area contributed by atoms with Gasteiger partial charge in [0, 0.05) is 70.6 Å². The third kappa shape index (κ3) is 14.5. The molecule has 11 nitrogen and oxygen atoms in total. The van der Waals surface area contributed by atoms with Crippen LogP contribution in [0.25, 0.3) is 11.1 Å². The normalized spacial score (nSPS) is 13.2. The molecule has 0 unspecified atom stereocenters. The Labute approximate surface area is 302 Å². The third-order valence-corrected chi connectivity index (χ3v) is 8.96. The van der Waals surface area contributed by atoms with Gasteiger partial charge in [-0.15, -0.1) is 0 Å². The fourth-order valence-electron chi connectivity index (χ4n) is 6.07. The van der Waals surface area contributed by atoms with Crippen LogP contribution in [0.1, 0.15) is 63.4 Å². The fraction of sp³-hybridized carbons (Fsp3) is 0.450. The predicted molar refractivity (Wildman–Crippen MR) is 199 cm³/mol. The highest BCUT2D eigenvalue weighted by atomic mass is 16.6. The number of nitrogens with one attached hydrogen (secondary N) is 3. The molecule has 0 radical (unpaired) electrons. The summed E-state index contributed by atoms with van der Waals surface area (Å²) in [6.07, 6.45) is 5.42. The van der Waals surface area contributed by atoms with Crippen LogP contribution in [0, 0.1) is 11.3 Å². The molecule has 0 saturated carbocycles. The molecule has 0 bridgehead atoms. The summed E-state index contributed by atoms with van der Waals surface area (Å²) in [6, 6.07) is 26.6. The Hall–Kier alpha value is -4.92. The van der Waals surface area contributed by atoms with Crippen LogP contribution in [0.5, 0.6) is 5.75 Å². The predicted octanol–water partition coefficient (Wildman–Crippen LogP) is 6.06. The number of hydrogen-bond acceptors (Lipinski definition) is 8. The van der Waals surface area contributed by atoms with Gasteiger partial charge in [0.15, 0.2) is 0 Å². The Bertz CT molecular complexity index is 1540. The molecule has 4 N–H and O–H groups in total. The number of piperidine rings is 1. The molecule has 11 heteroatoms. The first-order valence-corrected chi connectivity index (χ1v) is 18.2. The number of nitriles is 1. The molecule has 0 aliphatic carbocycles. The number of para-hydroxylation sites is 1. The molecule has 1 aliphatic heterocycles. The summed E-state index contributed by atoms with van der Waals surface area (Å²) in [6.45, 7) is 5.16. The van der Waals surface area contributed by atoms with Crippen molar-refractivity contribution in [2.75, 3.05) is 51.1 Å². The first-order chi connectivity index (χ1) is 24.9. The van der Waals surface area contributed by atoms with Gasteiger partial charge in [-0.25, -0.2) is 4.79 Å². The second-order valence-electron chi connectivity index (χ2n) is 12.9. The van der Waals surface area contributed by atoms with E-state index >= 15 is 0 Å². The summed E-state index contributed by atoms with van der Waals surface area (Å²) in [7, 11) is 0. The first-order valence-electron chi connectivity index (χ1n) is 18.2. The number of rotatable bonds is 20. The lowest BCUT2D eigenvalue weighted by molar-refractivity contribution is -0.131. The summed E-state index contributed by atoms with van der Waals surface area (Å²) in [5.41, 5.74) is 3.63. The molecule has 3 aromatic rings. The largest absolute Gasteiger partial charge is 0.508 e. The molecule has 1 heterocycles. The smallest absolute Gasteiger partial charge is 0.411 e. The minimum Gasteiger partial charge on any atom is -0.508 e. The average molecular weight is 697 g/mol. The lowest BCUT2D eigenvalue weighted by Crippen LogP contribution is -2.40. The molecule has 0 spiro atoms. The van der Waals surface area contributed by atoms with E-state index in [2.05, 4.69) is 26.9 Å². The Balaban J connectivity index is 1.07. The summed E-state index contributed by atoms with van der Waals surface area (Å²) < 4.78 is 5.74. The maximum Gasteiger partial charge on any atom is 0.411 e.